The minimum Gasteiger partial charge on any atom is -0.493 e. The molecule has 0 N–H and O–H groups in total. The molecule has 0 amide bonds. The van der Waals surface area contributed by atoms with Crippen LogP contribution in [0.2, 0.25) is 0 Å². The highest BCUT2D eigenvalue weighted by molar-refractivity contribution is 5.70. The van der Waals surface area contributed by atoms with Crippen LogP contribution in [-0.4, -0.2) is 6.61 Å². The lowest BCUT2D eigenvalue weighted by atomic mass is 10.1. The van der Waals surface area contributed by atoms with E-state index >= 15 is 0 Å². The molecule has 0 aliphatic carbocycles. The van der Waals surface area contributed by atoms with Gasteiger partial charge in [0.15, 0.2) is 0 Å². The monoisotopic (exact) mass is 239 g/mol. The van der Waals surface area contributed by atoms with Crippen LogP contribution >= 0.6 is 0 Å². The fourth-order valence-electron chi connectivity index (χ4n) is 1.73. The molecule has 2 rings (SSSR count). The van der Waals surface area contributed by atoms with E-state index in [1.807, 2.05) is 55.5 Å². The molecule has 0 aliphatic heterocycles. The van der Waals surface area contributed by atoms with Crippen LogP contribution in [0.4, 0.5) is 5.69 Å². The third-order valence-electron chi connectivity index (χ3n) is 2.52. The van der Waals surface area contributed by atoms with E-state index in [1.54, 1.807) is 0 Å². The van der Waals surface area contributed by atoms with Crippen LogP contribution in [0.5, 0.6) is 5.75 Å². The average molecular weight is 239 g/mol. The van der Waals surface area contributed by atoms with Crippen LogP contribution in [0, 0.1) is 0 Å². The molecular weight excluding hydrogens is 226 g/mol. The zero-order chi connectivity index (χ0) is 12.8. The van der Waals surface area contributed by atoms with Crippen molar-refractivity contribution >= 4 is 5.69 Å². The van der Waals surface area contributed by atoms with Crippen molar-refractivity contribution in [3.05, 3.63) is 59.0 Å². The van der Waals surface area contributed by atoms with Gasteiger partial charge in [-0.2, -0.15) is 0 Å². The summed E-state index contributed by atoms with van der Waals surface area (Å²) in [5.41, 5.74) is 11.2. The van der Waals surface area contributed by atoms with Crippen LogP contribution in [0.25, 0.3) is 21.6 Å². The van der Waals surface area contributed by atoms with Gasteiger partial charge in [0, 0.05) is 4.91 Å². The van der Waals surface area contributed by atoms with Gasteiger partial charge in [-0.1, -0.05) is 41.5 Å². The summed E-state index contributed by atoms with van der Waals surface area (Å²) in [5.74, 6) is 0.606. The van der Waals surface area contributed by atoms with E-state index in [4.69, 9.17) is 10.3 Å². The summed E-state index contributed by atoms with van der Waals surface area (Å²) in [6.45, 7) is 2.43. The molecule has 2 aromatic rings. The Kier molecular flexibility index (Phi) is 3.84. The number of benzene rings is 2. The number of rotatable bonds is 4. The SMILES string of the molecule is CCOc1ccc(-c2ccccc2)cc1N=[N+]=[N-]. The van der Waals surface area contributed by atoms with Crippen molar-refractivity contribution in [3.63, 3.8) is 0 Å². The number of hydrogen-bond acceptors (Lipinski definition) is 2. The molecule has 4 nitrogen and oxygen atoms in total. The molecule has 0 aliphatic rings. The number of azide groups is 1. The van der Waals surface area contributed by atoms with E-state index < -0.39 is 0 Å². The summed E-state index contributed by atoms with van der Waals surface area (Å²) in [6.07, 6.45) is 0. The lowest BCUT2D eigenvalue weighted by molar-refractivity contribution is 0.341. The van der Waals surface area contributed by atoms with Gasteiger partial charge >= 0.3 is 0 Å². The molecule has 0 unspecified atom stereocenters. The molecule has 0 saturated carbocycles. The highest BCUT2D eigenvalue weighted by Gasteiger charge is 2.04. The van der Waals surface area contributed by atoms with Gasteiger partial charge in [-0.05, 0) is 35.7 Å². The standard InChI is InChI=1S/C14H13N3O/c1-2-18-14-9-8-12(10-13(14)16-17-15)11-6-4-3-5-7-11/h3-10H,2H2,1H3. The maximum atomic E-state index is 8.58. The largest absolute Gasteiger partial charge is 0.493 e. The Balaban J connectivity index is 2.46. The minimum absolute atomic E-state index is 0.515. The molecule has 0 atom stereocenters. The van der Waals surface area contributed by atoms with Gasteiger partial charge in [0.1, 0.15) is 5.75 Å². The Hall–Kier alpha value is -2.45. The second-order valence-electron chi connectivity index (χ2n) is 3.67. The van der Waals surface area contributed by atoms with Gasteiger partial charge in [-0.3, -0.25) is 0 Å². The van der Waals surface area contributed by atoms with Crippen molar-refractivity contribution in [1.82, 2.24) is 0 Å². The van der Waals surface area contributed by atoms with Gasteiger partial charge < -0.3 is 4.74 Å². The first-order valence-corrected chi connectivity index (χ1v) is 5.72. The molecule has 2 aromatic carbocycles. The van der Waals surface area contributed by atoms with Crippen LogP contribution in [0.15, 0.2) is 53.6 Å². The summed E-state index contributed by atoms with van der Waals surface area (Å²) in [6, 6.07) is 15.5. The first-order valence-electron chi connectivity index (χ1n) is 5.72. The van der Waals surface area contributed by atoms with Gasteiger partial charge in [0.2, 0.25) is 0 Å². The van der Waals surface area contributed by atoms with Gasteiger partial charge in [-0.25, -0.2) is 0 Å². The molecule has 0 fully saturated rings. The van der Waals surface area contributed by atoms with Crippen LogP contribution in [0.3, 0.4) is 0 Å². The minimum atomic E-state index is 0.515. The number of ether oxygens (including phenoxy) is 1. The zero-order valence-electron chi connectivity index (χ0n) is 10.1. The second-order valence-corrected chi connectivity index (χ2v) is 3.67. The smallest absolute Gasteiger partial charge is 0.128 e. The maximum absolute atomic E-state index is 8.58. The van der Waals surface area contributed by atoms with Crippen molar-refractivity contribution in [2.75, 3.05) is 6.61 Å². The lowest BCUT2D eigenvalue weighted by Crippen LogP contribution is -1.91. The molecule has 0 saturated heterocycles. The van der Waals surface area contributed by atoms with E-state index in [-0.39, 0.29) is 0 Å². The molecular formula is C14H13N3O. The summed E-state index contributed by atoms with van der Waals surface area (Å²) in [4.78, 5) is 2.83. The Morgan fingerprint density at radius 2 is 1.89 bits per heavy atom. The molecule has 4 heteroatoms. The molecule has 18 heavy (non-hydrogen) atoms. The number of hydrogen-bond donors (Lipinski definition) is 0. The number of nitrogens with zero attached hydrogens (tertiary/aromatic N) is 3. The van der Waals surface area contributed by atoms with Crippen molar-refractivity contribution in [3.8, 4) is 16.9 Å². The predicted molar refractivity (Wildman–Crippen MR) is 71.9 cm³/mol. The van der Waals surface area contributed by atoms with Crippen molar-refractivity contribution in [2.45, 2.75) is 6.92 Å². The quantitative estimate of drug-likeness (QED) is 0.433. The Labute approximate surface area is 105 Å². The van der Waals surface area contributed by atoms with E-state index in [0.29, 0.717) is 18.0 Å². The highest BCUT2D eigenvalue weighted by atomic mass is 16.5. The van der Waals surface area contributed by atoms with Gasteiger partial charge in [0.05, 0.1) is 12.3 Å². The normalized spacial score (nSPS) is 9.61. The summed E-state index contributed by atoms with van der Waals surface area (Å²) in [5, 5.41) is 3.67. The third kappa shape index (κ3) is 2.62. The highest BCUT2D eigenvalue weighted by Crippen LogP contribution is 2.33. The van der Waals surface area contributed by atoms with E-state index in [2.05, 4.69) is 10.0 Å². The first kappa shape index (κ1) is 12.0. The Morgan fingerprint density at radius 1 is 1.11 bits per heavy atom. The Bertz CT molecular complexity index is 575. The first-order chi connectivity index (χ1) is 8.85. The van der Waals surface area contributed by atoms with Crippen molar-refractivity contribution in [2.24, 2.45) is 5.11 Å². The van der Waals surface area contributed by atoms with Gasteiger partial charge in [-0.15, -0.1) is 0 Å². The fourth-order valence-corrected chi connectivity index (χ4v) is 1.73. The van der Waals surface area contributed by atoms with E-state index in [9.17, 15) is 0 Å². The van der Waals surface area contributed by atoms with Crippen LogP contribution in [0.1, 0.15) is 6.92 Å². The summed E-state index contributed by atoms with van der Waals surface area (Å²) < 4.78 is 5.42. The summed E-state index contributed by atoms with van der Waals surface area (Å²) in [7, 11) is 0. The van der Waals surface area contributed by atoms with Crippen molar-refractivity contribution < 1.29 is 4.74 Å². The zero-order valence-corrected chi connectivity index (χ0v) is 10.1. The van der Waals surface area contributed by atoms with Crippen molar-refractivity contribution in [1.29, 1.82) is 0 Å². The molecule has 0 radical (unpaired) electrons. The molecule has 0 bridgehead atoms. The lowest BCUT2D eigenvalue weighted by Gasteiger charge is -2.08. The molecule has 0 heterocycles. The second kappa shape index (κ2) is 5.75. The average Bonchev–Trinajstić information content (AvgIpc) is 2.42. The molecule has 90 valence electrons. The van der Waals surface area contributed by atoms with Crippen LogP contribution < -0.4 is 4.74 Å². The van der Waals surface area contributed by atoms with E-state index in [1.165, 1.54) is 0 Å². The molecule has 0 aromatic heterocycles. The maximum Gasteiger partial charge on any atom is 0.128 e. The predicted octanol–water partition coefficient (Wildman–Crippen LogP) is 4.69. The van der Waals surface area contributed by atoms with Gasteiger partial charge in [0.25, 0.3) is 0 Å². The third-order valence-corrected chi connectivity index (χ3v) is 2.52. The Morgan fingerprint density at radius 3 is 2.56 bits per heavy atom. The summed E-state index contributed by atoms with van der Waals surface area (Å²) >= 11 is 0. The molecule has 0 spiro atoms. The van der Waals surface area contributed by atoms with Crippen LogP contribution in [-0.2, 0) is 0 Å². The topological polar surface area (TPSA) is 58.0 Å². The fraction of sp³-hybridized carbons (Fsp3) is 0.143. The van der Waals surface area contributed by atoms with E-state index in [0.717, 1.165) is 11.1 Å².